The Morgan fingerprint density at radius 1 is 0.812 bits per heavy atom. The van der Waals surface area contributed by atoms with E-state index >= 15 is 0 Å². The van der Waals surface area contributed by atoms with E-state index in [1.165, 1.54) is 0 Å². The topological polar surface area (TPSA) is 0 Å². The van der Waals surface area contributed by atoms with E-state index in [0.717, 1.165) is 10.8 Å². The number of rotatable bonds is 0. The van der Waals surface area contributed by atoms with Gasteiger partial charge in [-0.3, -0.25) is 0 Å². The second kappa shape index (κ2) is 3.86. The number of hydrogen-bond acceptors (Lipinski definition) is 0. The Morgan fingerprint density at radius 3 is 2.12 bits per heavy atom. The molecule has 2 aromatic rings. The van der Waals surface area contributed by atoms with Crippen molar-refractivity contribution in [2.24, 2.45) is 0 Å². The molecule has 0 aliphatic heterocycles. The lowest BCUT2D eigenvalue weighted by molar-refractivity contribution is 1.60. The highest BCUT2D eigenvalue weighted by atomic mass is 14.1. The first-order chi connectivity index (χ1) is 7.81. The van der Waals surface area contributed by atoms with Crippen LogP contribution in [0.15, 0.2) is 30.3 Å². The zero-order valence-corrected chi connectivity index (χ0v) is 8.62. The Balaban J connectivity index is 3.04. The van der Waals surface area contributed by atoms with Crippen molar-refractivity contribution in [2.45, 2.75) is 0 Å². The predicted octanol–water partition coefficient (Wildman–Crippen LogP) is 2.78. The second-order valence-corrected chi connectivity index (χ2v) is 3.33. The molecule has 0 radical (unpaired) electrons. The van der Waals surface area contributed by atoms with Crippen molar-refractivity contribution in [3.8, 4) is 37.0 Å². The van der Waals surface area contributed by atoms with E-state index in [9.17, 15) is 0 Å². The summed E-state index contributed by atoms with van der Waals surface area (Å²) in [6.07, 6.45) is 16.4. The SMILES string of the molecule is C#Cc1cc2ccccc2c(C#C)c1C#C. The lowest BCUT2D eigenvalue weighted by Gasteiger charge is -2.06. The summed E-state index contributed by atoms with van der Waals surface area (Å²) in [4.78, 5) is 0. The summed E-state index contributed by atoms with van der Waals surface area (Å²) in [6, 6.07) is 9.69. The highest BCUT2D eigenvalue weighted by Gasteiger charge is 2.08. The van der Waals surface area contributed by atoms with Crippen molar-refractivity contribution in [2.75, 3.05) is 0 Å². The van der Waals surface area contributed by atoms with Gasteiger partial charge in [-0.15, -0.1) is 19.3 Å². The minimum atomic E-state index is 0.628. The van der Waals surface area contributed by atoms with Gasteiger partial charge in [0, 0.05) is 11.1 Å². The number of terminal acetylenes is 3. The summed E-state index contributed by atoms with van der Waals surface area (Å²) >= 11 is 0. The van der Waals surface area contributed by atoms with Crippen molar-refractivity contribution >= 4 is 10.8 Å². The molecule has 2 rings (SSSR count). The van der Waals surface area contributed by atoms with Gasteiger partial charge in [0.1, 0.15) is 0 Å². The minimum absolute atomic E-state index is 0.628. The van der Waals surface area contributed by atoms with Gasteiger partial charge in [0.25, 0.3) is 0 Å². The molecule has 0 aliphatic rings. The van der Waals surface area contributed by atoms with Crippen LogP contribution < -0.4 is 0 Å². The molecule has 2 aromatic carbocycles. The monoisotopic (exact) mass is 200 g/mol. The number of benzene rings is 2. The first kappa shape index (κ1) is 9.92. The van der Waals surface area contributed by atoms with Crippen LogP contribution in [0.4, 0.5) is 0 Å². The van der Waals surface area contributed by atoms with Crippen LogP contribution in [-0.4, -0.2) is 0 Å². The molecule has 0 saturated carbocycles. The molecule has 72 valence electrons. The van der Waals surface area contributed by atoms with E-state index < -0.39 is 0 Å². The third kappa shape index (κ3) is 1.33. The van der Waals surface area contributed by atoms with E-state index in [-0.39, 0.29) is 0 Å². The second-order valence-electron chi connectivity index (χ2n) is 3.33. The van der Waals surface area contributed by atoms with Crippen molar-refractivity contribution in [3.05, 3.63) is 47.0 Å². The van der Waals surface area contributed by atoms with Gasteiger partial charge < -0.3 is 0 Å². The Kier molecular flexibility index (Phi) is 2.39. The van der Waals surface area contributed by atoms with Crippen LogP contribution in [0.1, 0.15) is 16.7 Å². The Morgan fingerprint density at radius 2 is 1.50 bits per heavy atom. The zero-order chi connectivity index (χ0) is 11.5. The van der Waals surface area contributed by atoms with Gasteiger partial charge in [-0.1, -0.05) is 42.0 Å². The normalized spacial score (nSPS) is 9.06. The summed E-state index contributed by atoms with van der Waals surface area (Å²) in [5.41, 5.74) is 2.01. The molecule has 0 aliphatic carbocycles. The summed E-state index contributed by atoms with van der Waals surface area (Å²) in [6.45, 7) is 0. The van der Waals surface area contributed by atoms with Crippen molar-refractivity contribution in [1.29, 1.82) is 0 Å². The van der Waals surface area contributed by atoms with Crippen LogP contribution in [0.5, 0.6) is 0 Å². The summed E-state index contributed by atoms with van der Waals surface area (Å²) in [5.74, 6) is 7.77. The molecule has 0 N–H and O–H groups in total. The molecule has 0 atom stereocenters. The Labute approximate surface area is 95.3 Å². The summed E-state index contributed by atoms with van der Waals surface area (Å²) in [7, 11) is 0. The molecule has 0 heterocycles. The molecule has 0 aromatic heterocycles. The summed E-state index contributed by atoms with van der Waals surface area (Å²) < 4.78 is 0. The maximum atomic E-state index is 5.50. The fourth-order valence-corrected chi connectivity index (χ4v) is 1.76. The fourth-order valence-electron chi connectivity index (χ4n) is 1.76. The molecule has 0 spiro atoms. The lowest BCUT2D eigenvalue weighted by Crippen LogP contribution is -1.91. The largest absolute Gasteiger partial charge is 0.115 e. The first-order valence-corrected chi connectivity index (χ1v) is 4.77. The molecule has 0 amide bonds. The molecule has 0 bridgehead atoms. The van der Waals surface area contributed by atoms with Gasteiger partial charge >= 0.3 is 0 Å². The van der Waals surface area contributed by atoms with Crippen LogP contribution in [0.2, 0.25) is 0 Å². The van der Waals surface area contributed by atoms with Gasteiger partial charge in [-0.25, -0.2) is 0 Å². The Bertz CT molecular complexity index is 683. The van der Waals surface area contributed by atoms with E-state index in [1.807, 2.05) is 30.3 Å². The Hall–Kier alpha value is -2.62. The first-order valence-electron chi connectivity index (χ1n) is 4.77. The smallest absolute Gasteiger partial charge is 0.0562 e. The van der Waals surface area contributed by atoms with E-state index in [2.05, 4.69) is 17.8 Å². The van der Waals surface area contributed by atoms with Crippen LogP contribution >= 0.6 is 0 Å². The van der Waals surface area contributed by atoms with Crippen LogP contribution in [0.25, 0.3) is 10.8 Å². The molecule has 0 fully saturated rings. The average Bonchev–Trinajstić information content (AvgIpc) is 2.36. The minimum Gasteiger partial charge on any atom is -0.115 e. The van der Waals surface area contributed by atoms with Crippen molar-refractivity contribution in [3.63, 3.8) is 0 Å². The van der Waals surface area contributed by atoms with E-state index in [1.54, 1.807) is 0 Å². The third-order valence-electron chi connectivity index (χ3n) is 2.49. The average molecular weight is 200 g/mol. The third-order valence-corrected chi connectivity index (χ3v) is 2.49. The van der Waals surface area contributed by atoms with Gasteiger partial charge in [-0.2, -0.15) is 0 Å². The fraction of sp³-hybridized carbons (Fsp3) is 0. The van der Waals surface area contributed by atoms with Crippen molar-refractivity contribution < 1.29 is 0 Å². The van der Waals surface area contributed by atoms with Gasteiger partial charge in [-0.05, 0) is 16.8 Å². The number of fused-ring (bicyclic) bond motifs is 1. The van der Waals surface area contributed by atoms with Gasteiger partial charge in [0.15, 0.2) is 0 Å². The van der Waals surface area contributed by atoms with E-state index in [0.29, 0.717) is 16.7 Å². The van der Waals surface area contributed by atoms with Crippen molar-refractivity contribution in [1.82, 2.24) is 0 Å². The molecule has 0 heteroatoms. The number of hydrogen-bond donors (Lipinski definition) is 0. The van der Waals surface area contributed by atoms with Crippen LogP contribution in [0, 0.1) is 37.0 Å². The predicted molar refractivity (Wildman–Crippen MR) is 67.8 cm³/mol. The van der Waals surface area contributed by atoms with Gasteiger partial charge in [0.05, 0.1) is 5.56 Å². The molecular weight excluding hydrogens is 192 g/mol. The quantitative estimate of drug-likeness (QED) is 0.574. The molecule has 0 unspecified atom stereocenters. The lowest BCUT2D eigenvalue weighted by atomic mass is 9.95. The van der Waals surface area contributed by atoms with E-state index in [4.69, 9.17) is 19.3 Å². The highest BCUT2D eigenvalue weighted by Crippen LogP contribution is 2.24. The molecule has 16 heavy (non-hydrogen) atoms. The summed E-state index contributed by atoms with van der Waals surface area (Å²) in [5, 5.41) is 1.99. The standard InChI is InChI=1S/C16H8/c1-4-12-11-13-9-7-8-10-16(13)15(6-3)14(12)5-2/h1-3,7-11H. The maximum absolute atomic E-state index is 5.50. The highest BCUT2D eigenvalue weighted by molar-refractivity contribution is 5.92. The van der Waals surface area contributed by atoms with Gasteiger partial charge in [0.2, 0.25) is 0 Å². The van der Waals surface area contributed by atoms with Crippen LogP contribution in [-0.2, 0) is 0 Å². The molecule has 0 saturated heterocycles. The molecular formula is C16H8. The zero-order valence-electron chi connectivity index (χ0n) is 8.62. The van der Waals surface area contributed by atoms with Crippen LogP contribution in [0.3, 0.4) is 0 Å². The maximum Gasteiger partial charge on any atom is 0.0562 e. The molecule has 0 nitrogen and oxygen atoms in total.